The second-order valence-electron chi connectivity index (χ2n) is 10.5. The van der Waals surface area contributed by atoms with E-state index in [4.69, 9.17) is 5.10 Å². The summed E-state index contributed by atoms with van der Waals surface area (Å²) in [6.45, 7) is 6.38. The van der Waals surface area contributed by atoms with E-state index in [1.165, 1.54) is 6.42 Å². The van der Waals surface area contributed by atoms with E-state index >= 15 is 0 Å². The van der Waals surface area contributed by atoms with Gasteiger partial charge in [-0.1, -0.05) is 13.8 Å². The second kappa shape index (κ2) is 6.43. The highest BCUT2D eigenvalue weighted by atomic mass is 16.3. The van der Waals surface area contributed by atoms with Gasteiger partial charge in [0.25, 0.3) is 0 Å². The van der Waals surface area contributed by atoms with Gasteiger partial charge in [0.1, 0.15) is 0 Å². The van der Waals surface area contributed by atoms with Crippen LogP contribution in [0.5, 0.6) is 0 Å². The van der Waals surface area contributed by atoms with Crippen LogP contribution in [0.4, 0.5) is 0 Å². The molecule has 5 aliphatic rings. The summed E-state index contributed by atoms with van der Waals surface area (Å²) in [6, 6.07) is 0. The first-order valence-electron chi connectivity index (χ1n) is 11.4. The smallest absolute Gasteiger partial charge is 0.212 e. The molecule has 6 heteroatoms. The molecule has 7 atom stereocenters. The van der Waals surface area contributed by atoms with E-state index < -0.39 is 5.60 Å². The van der Waals surface area contributed by atoms with Crippen LogP contribution in [-0.4, -0.2) is 46.7 Å². The van der Waals surface area contributed by atoms with Crippen LogP contribution >= 0.6 is 0 Å². The Morgan fingerprint density at radius 3 is 2.75 bits per heavy atom. The van der Waals surface area contributed by atoms with Crippen LogP contribution in [0.15, 0.2) is 10.1 Å². The SMILES string of the molecule is C[C@]12CC[C@H](O)C[C@H]1CC[C@@H]1[C@@H]2CC[C@]2(C)/C(=N/NC3=NCCN3)CC[C@]12O. The number of hydrogen-bond donors (Lipinski definition) is 4. The van der Waals surface area contributed by atoms with Gasteiger partial charge in [-0.15, -0.1) is 0 Å². The average Bonchev–Trinajstić information content (AvgIpc) is 3.27. The molecule has 1 aliphatic heterocycles. The number of aliphatic imine (C=N–C) groups is 1. The molecule has 0 aromatic heterocycles. The zero-order valence-electron chi connectivity index (χ0n) is 17.4. The molecule has 4 N–H and O–H groups in total. The van der Waals surface area contributed by atoms with Gasteiger partial charge < -0.3 is 15.5 Å². The van der Waals surface area contributed by atoms with E-state index in [1.807, 2.05) is 0 Å². The lowest BCUT2D eigenvalue weighted by Crippen LogP contribution is -2.62. The predicted octanol–water partition coefficient (Wildman–Crippen LogP) is 2.41. The lowest BCUT2D eigenvalue weighted by atomic mass is 9.44. The van der Waals surface area contributed by atoms with Crippen molar-refractivity contribution in [1.82, 2.24) is 10.7 Å². The summed E-state index contributed by atoms with van der Waals surface area (Å²) in [5, 5.41) is 30.2. The van der Waals surface area contributed by atoms with Crippen molar-refractivity contribution in [2.24, 2.45) is 38.7 Å². The maximum absolute atomic E-state index is 12.1. The van der Waals surface area contributed by atoms with Crippen molar-refractivity contribution in [2.45, 2.75) is 83.3 Å². The third kappa shape index (κ3) is 2.53. The first-order valence-corrected chi connectivity index (χ1v) is 11.4. The average molecular weight is 389 g/mol. The summed E-state index contributed by atoms with van der Waals surface area (Å²) in [4.78, 5) is 4.37. The van der Waals surface area contributed by atoms with Crippen LogP contribution in [0.2, 0.25) is 0 Å². The highest BCUT2D eigenvalue weighted by Gasteiger charge is 2.66. The Morgan fingerprint density at radius 2 is 1.96 bits per heavy atom. The highest BCUT2D eigenvalue weighted by Crippen LogP contribution is 2.67. The predicted molar refractivity (Wildman–Crippen MR) is 110 cm³/mol. The molecule has 0 saturated heterocycles. The van der Waals surface area contributed by atoms with E-state index in [0.717, 1.165) is 76.1 Å². The molecule has 5 rings (SSSR count). The zero-order valence-corrected chi connectivity index (χ0v) is 17.4. The number of hydrazone groups is 1. The summed E-state index contributed by atoms with van der Waals surface area (Å²) in [6.07, 6.45) is 9.01. The number of nitrogens with zero attached hydrogens (tertiary/aromatic N) is 2. The van der Waals surface area contributed by atoms with E-state index in [9.17, 15) is 10.2 Å². The molecule has 4 aliphatic carbocycles. The van der Waals surface area contributed by atoms with E-state index in [0.29, 0.717) is 17.8 Å². The fourth-order valence-electron chi connectivity index (χ4n) is 7.76. The van der Waals surface area contributed by atoms with Gasteiger partial charge in [-0.3, -0.25) is 0 Å². The van der Waals surface area contributed by atoms with Crippen LogP contribution in [0, 0.1) is 28.6 Å². The maximum Gasteiger partial charge on any atom is 0.212 e. The van der Waals surface area contributed by atoms with Gasteiger partial charge in [-0.05, 0) is 81.0 Å². The van der Waals surface area contributed by atoms with Crippen molar-refractivity contribution in [3.05, 3.63) is 0 Å². The molecule has 4 fully saturated rings. The van der Waals surface area contributed by atoms with Gasteiger partial charge in [0, 0.05) is 17.7 Å². The fraction of sp³-hybridized carbons (Fsp3) is 0.909. The molecule has 0 aromatic carbocycles. The molecule has 0 unspecified atom stereocenters. The first kappa shape index (κ1) is 18.9. The molecule has 6 nitrogen and oxygen atoms in total. The zero-order chi connectivity index (χ0) is 19.6. The van der Waals surface area contributed by atoms with E-state index in [-0.39, 0.29) is 16.9 Å². The normalized spacial score (nSPS) is 51.7. The van der Waals surface area contributed by atoms with Crippen LogP contribution in [0.1, 0.15) is 71.6 Å². The topological polar surface area (TPSA) is 89.2 Å². The second-order valence-corrected chi connectivity index (χ2v) is 10.5. The first-order chi connectivity index (χ1) is 13.4. The Kier molecular flexibility index (Phi) is 4.33. The lowest BCUT2D eigenvalue weighted by Gasteiger charge is -2.62. The molecule has 0 bridgehead atoms. The van der Waals surface area contributed by atoms with Crippen molar-refractivity contribution in [2.75, 3.05) is 13.1 Å². The van der Waals surface area contributed by atoms with E-state index in [1.54, 1.807) is 0 Å². The van der Waals surface area contributed by atoms with Crippen molar-refractivity contribution in [1.29, 1.82) is 0 Å². The minimum absolute atomic E-state index is 0.116. The van der Waals surface area contributed by atoms with Crippen molar-refractivity contribution >= 4 is 11.7 Å². The van der Waals surface area contributed by atoms with Crippen molar-refractivity contribution in [3.63, 3.8) is 0 Å². The Hall–Kier alpha value is -1.14. The molecule has 0 aromatic rings. The summed E-state index contributed by atoms with van der Waals surface area (Å²) >= 11 is 0. The Labute approximate surface area is 168 Å². The molecule has 4 saturated carbocycles. The monoisotopic (exact) mass is 388 g/mol. The molecular formula is C22H36N4O2. The molecule has 0 radical (unpaired) electrons. The standard InChI is InChI=1S/C22H36N4O2/c1-20-8-5-15(27)13-14(20)3-4-17-16(20)6-9-21(2)18(7-10-22(17,21)28)25-26-19-23-11-12-24-19/h14-17,27-28H,3-13H2,1-2H3,(H2,23,24,26)/b25-18+/t14-,15+,16+,17-,20+,21-,22+/m1/s1. The van der Waals surface area contributed by atoms with Gasteiger partial charge in [-0.25, -0.2) is 10.4 Å². The summed E-state index contributed by atoms with van der Waals surface area (Å²) < 4.78 is 0. The number of aliphatic hydroxyl groups is 2. The quantitative estimate of drug-likeness (QED) is 0.520. The van der Waals surface area contributed by atoms with Gasteiger partial charge >= 0.3 is 0 Å². The number of guanidine groups is 1. The van der Waals surface area contributed by atoms with Gasteiger partial charge in [0.05, 0.1) is 18.2 Å². The minimum atomic E-state index is -0.647. The number of hydrogen-bond acceptors (Lipinski definition) is 6. The fourth-order valence-corrected chi connectivity index (χ4v) is 7.76. The maximum atomic E-state index is 12.1. The Balaban J connectivity index is 1.41. The lowest BCUT2D eigenvalue weighted by molar-refractivity contribution is -0.191. The molecule has 0 spiro atoms. The summed E-state index contributed by atoms with van der Waals surface area (Å²) in [7, 11) is 0. The Morgan fingerprint density at radius 1 is 1.11 bits per heavy atom. The van der Waals surface area contributed by atoms with Crippen LogP contribution < -0.4 is 10.7 Å². The number of fused-ring (bicyclic) bond motifs is 5. The number of aliphatic hydroxyl groups excluding tert-OH is 1. The van der Waals surface area contributed by atoms with Crippen molar-refractivity contribution in [3.8, 4) is 0 Å². The third-order valence-electron chi connectivity index (χ3n) is 9.54. The largest absolute Gasteiger partial charge is 0.393 e. The van der Waals surface area contributed by atoms with Crippen LogP contribution in [-0.2, 0) is 0 Å². The molecule has 28 heavy (non-hydrogen) atoms. The highest BCUT2D eigenvalue weighted by molar-refractivity contribution is 5.95. The minimum Gasteiger partial charge on any atom is -0.393 e. The van der Waals surface area contributed by atoms with Crippen LogP contribution in [0.25, 0.3) is 0 Å². The van der Waals surface area contributed by atoms with Crippen LogP contribution in [0.3, 0.4) is 0 Å². The molecule has 1 heterocycles. The van der Waals surface area contributed by atoms with Gasteiger partial charge in [0.15, 0.2) is 0 Å². The number of nitrogens with one attached hydrogen (secondary N) is 2. The third-order valence-corrected chi connectivity index (χ3v) is 9.54. The van der Waals surface area contributed by atoms with Gasteiger partial charge in [0.2, 0.25) is 5.96 Å². The molecule has 156 valence electrons. The number of rotatable bonds is 1. The summed E-state index contributed by atoms with van der Waals surface area (Å²) in [5.41, 5.74) is 3.63. The summed E-state index contributed by atoms with van der Waals surface area (Å²) in [5.74, 6) is 2.31. The molecule has 0 amide bonds. The Bertz CT molecular complexity index is 709. The van der Waals surface area contributed by atoms with Crippen molar-refractivity contribution < 1.29 is 10.2 Å². The van der Waals surface area contributed by atoms with E-state index in [2.05, 4.69) is 29.6 Å². The van der Waals surface area contributed by atoms with Gasteiger partial charge in [-0.2, -0.15) is 5.10 Å². The molecular weight excluding hydrogens is 352 g/mol.